The minimum atomic E-state index is -1.02. The van der Waals surface area contributed by atoms with E-state index in [1.54, 1.807) is 18.2 Å². The van der Waals surface area contributed by atoms with Gasteiger partial charge in [0.25, 0.3) is 0 Å². The van der Waals surface area contributed by atoms with Crippen LogP contribution in [-0.2, 0) is 20.9 Å². The Balaban J connectivity index is 1.57. The van der Waals surface area contributed by atoms with E-state index in [4.69, 9.17) is 9.47 Å². The van der Waals surface area contributed by atoms with Gasteiger partial charge in [-0.05, 0) is 17.7 Å². The summed E-state index contributed by atoms with van der Waals surface area (Å²) in [6.07, 6.45) is 1.33. The predicted molar refractivity (Wildman–Crippen MR) is 83.4 cm³/mol. The van der Waals surface area contributed by atoms with Gasteiger partial charge in [-0.25, -0.2) is 9.69 Å². The van der Waals surface area contributed by atoms with Crippen LogP contribution in [0.25, 0.3) is 0 Å². The highest BCUT2D eigenvalue weighted by atomic mass is 16.7. The quantitative estimate of drug-likeness (QED) is 0.442. The van der Waals surface area contributed by atoms with Crippen LogP contribution in [0.4, 0.5) is 4.79 Å². The van der Waals surface area contributed by atoms with Crippen molar-refractivity contribution in [1.29, 1.82) is 0 Å². The Morgan fingerprint density at radius 3 is 2.64 bits per heavy atom. The number of rotatable bonds is 6. The fraction of sp³-hybridized carbons (Fsp3) is 0.250. The monoisotopic (exact) mass is 345 g/mol. The maximum Gasteiger partial charge on any atom is 0.335 e. The molecule has 9 heteroatoms. The van der Waals surface area contributed by atoms with Crippen molar-refractivity contribution >= 4 is 23.8 Å². The third-order valence-corrected chi connectivity index (χ3v) is 3.68. The maximum absolute atomic E-state index is 12.0. The highest BCUT2D eigenvalue weighted by Crippen LogP contribution is 2.32. The fourth-order valence-electron chi connectivity index (χ4n) is 2.43. The van der Waals surface area contributed by atoms with Crippen LogP contribution < -0.4 is 14.8 Å². The molecule has 1 fully saturated rings. The van der Waals surface area contributed by atoms with Crippen LogP contribution in [0.5, 0.6) is 11.5 Å². The standard InChI is InChI=1S/C16H15N3O6/c1-2-5-18-14(21)15(22)19(16(18)23)8-13(20)17-7-10-3-4-11-12(6-10)25-9-24-11/h2-4,6H,1,5,7-9H2,(H,17,20). The van der Waals surface area contributed by atoms with E-state index in [9.17, 15) is 19.2 Å². The van der Waals surface area contributed by atoms with Crippen LogP contribution >= 0.6 is 0 Å². The van der Waals surface area contributed by atoms with Crippen molar-refractivity contribution in [2.45, 2.75) is 6.54 Å². The zero-order valence-corrected chi connectivity index (χ0v) is 13.2. The molecule has 0 saturated carbocycles. The second kappa shape index (κ2) is 6.63. The Kier molecular flexibility index (Phi) is 4.38. The number of imide groups is 2. The van der Waals surface area contributed by atoms with Gasteiger partial charge in [-0.2, -0.15) is 0 Å². The first-order valence-corrected chi connectivity index (χ1v) is 7.44. The van der Waals surface area contributed by atoms with Crippen molar-refractivity contribution in [3.63, 3.8) is 0 Å². The van der Waals surface area contributed by atoms with Gasteiger partial charge in [-0.3, -0.25) is 19.3 Å². The number of fused-ring (bicyclic) bond motifs is 1. The van der Waals surface area contributed by atoms with Crippen LogP contribution in [-0.4, -0.2) is 53.4 Å². The summed E-state index contributed by atoms with van der Waals surface area (Å²) in [5.41, 5.74) is 0.765. The van der Waals surface area contributed by atoms with Crippen LogP contribution in [0.3, 0.4) is 0 Å². The number of hydrogen-bond acceptors (Lipinski definition) is 6. The van der Waals surface area contributed by atoms with Gasteiger partial charge in [0.15, 0.2) is 11.5 Å². The average molecular weight is 345 g/mol. The van der Waals surface area contributed by atoms with E-state index >= 15 is 0 Å². The Labute approximate surface area is 142 Å². The molecule has 0 bridgehead atoms. The zero-order valence-electron chi connectivity index (χ0n) is 13.2. The number of carbonyl (C=O) groups is 4. The molecule has 0 aliphatic carbocycles. The number of benzene rings is 1. The van der Waals surface area contributed by atoms with Gasteiger partial charge >= 0.3 is 17.8 Å². The Bertz CT molecular complexity index is 775. The molecule has 2 aliphatic heterocycles. The van der Waals surface area contributed by atoms with E-state index in [1.165, 1.54) is 6.08 Å². The highest BCUT2D eigenvalue weighted by Gasteiger charge is 2.44. The highest BCUT2D eigenvalue weighted by molar-refractivity contribution is 6.45. The lowest BCUT2D eigenvalue weighted by molar-refractivity contribution is -0.143. The zero-order chi connectivity index (χ0) is 18.0. The molecule has 2 heterocycles. The Hall–Kier alpha value is -3.36. The molecule has 1 saturated heterocycles. The minimum Gasteiger partial charge on any atom is -0.454 e. The lowest BCUT2D eigenvalue weighted by atomic mass is 10.2. The van der Waals surface area contributed by atoms with Crippen LogP contribution in [0.1, 0.15) is 5.56 Å². The van der Waals surface area contributed by atoms with Gasteiger partial charge < -0.3 is 14.8 Å². The number of nitrogens with zero attached hydrogens (tertiary/aromatic N) is 2. The number of hydrogen-bond donors (Lipinski definition) is 1. The molecule has 0 radical (unpaired) electrons. The third kappa shape index (κ3) is 3.16. The number of urea groups is 1. The van der Waals surface area contributed by atoms with Crippen molar-refractivity contribution in [1.82, 2.24) is 15.1 Å². The molecular weight excluding hydrogens is 330 g/mol. The summed E-state index contributed by atoms with van der Waals surface area (Å²) in [5, 5.41) is 2.59. The number of nitrogens with one attached hydrogen (secondary N) is 1. The Morgan fingerprint density at radius 1 is 1.16 bits per heavy atom. The molecule has 0 spiro atoms. The van der Waals surface area contributed by atoms with E-state index in [2.05, 4.69) is 11.9 Å². The number of carbonyl (C=O) groups excluding carboxylic acids is 4. The fourth-order valence-corrected chi connectivity index (χ4v) is 2.43. The molecule has 0 atom stereocenters. The largest absolute Gasteiger partial charge is 0.454 e. The molecule has 1 aromatic rings. The predicted octanol–water partition coefficient (Wildman–Crippen LogP) is 0.00830. The van der Waals surface area contributed by atoms with E-state index < -0.39 is 30.3 Å². The van der Waals surface area contributed by atoms with Gasteiger partial charge in [-0.1, -0.05) is 12.1 Å². The second-order valence-corrected chi connectivity index (χ2v) is 5.34. The van der Waals surface area contributed by atoms with Gasteiger partial charge in [0.1, 0.15) is 6.54 Å². The molecule has 2 aliphatic rings. The topological polar surface area (TPSA) is 105 Å². The maximum atomic E-state index is 12.0. The normalized spacial score (nSPS) is 15.8. The summed E-state index contributed by atoms with van der Waals surface area (Å²) < 4.78 is 10.4. The summed E-state index contributed by atoms with van der Waals surface area (Å²) in [7, 11) is 0. The third-order valence-electron chi connectivity index (χ3n) is 3.68. The van der Waals surface area contributed by atoms with E-state index in [-0.39, 0.29) is 19.9 Å². The van der Waals surface area contributed by atoms with E-state index in [1.807, 2.05) is 0 Å². The molecule has 1 N–H and O–H groups in total. The van der Waals surface area contributed by atoms with Crippen molar-refractivity contribution in [3.8, 4) is 11.5 Å². The molecule has 3 rings (SSSR count). The van der Waals surface area contributed by atoms with E-state index in [0.717, 1.165) is 10.5 Å². The molecule has 0 unspecified atom stereocenters. The number of ether oxygens (including phenoxy) is 2. The summed E-state index contributed by atoms with van der Waals surface area (Å²) in [4.78, 5) is 48.9. The van der Waals surface area contributed by atoms with Gasteiger partial charge in [0.05, 0.1) is 0 Å². The Morgan fingerprint density at radius 2 is 1.88 bits per heavy atom. The molecule has 130 valence electrons. The van der Waals surface area contributed by atoms with Crippen molar-refractivity contribution in [2.24, 2.45) is 0 Å². The summed E-state index contributed by atoms with van der Waals surface area (Å²) >= 11 is 0. The molecule has 5 amide bonds. The van der Waals surface area contributed by atoms with Crippen LogP contribution in [0.2, 0.25) is 0 Å². The molecule has 0 aromatic heterocycles. The van der Waals surface area contributed by atoms with Gasteiger partial charge in [0.2, 0.25) is 12.7 Å². The molecule has 1 aromatic carbocycles. The minimum absolute atomic E-state index is 0.0846. The molecular formula is C16H15N3O6. The summed E-state index contributed by atoms with van der Waals surface area (Å²) in [6, 6.07) is 4.39. The van der Waals surface area contributed by atoms with Crippen molar-refractivity contribution < 1.29 is 28.7 Å². The van der Waals surface area contributed by atoms with E-state index in [0.29, 0.717) is 16.4 Å². The van der Waals surface area contributed by atoms with Gasteiger partial charge in [0, 0.05) is 13.1 Å². The van der Waals surface area contributed by atoms with Crippen molar-refractivity contribution in [3.05, 3.63) is 36.4 Å². The lowest BCUT2D eigenvalue weighted by Gasteiger charge is -2.14. The first-order valence-electron chi connectivity index (χ1n) is 7.44. The smallest absolute Gasteiger partial charge is 0.335 e. The van der Waals surface area contributed by atoms with Crippen molar-refractivity contribution in [2.75, 3.05) is 19.9 Å². The average Bonchev–Trinajstić information content (AvgIpc) is 3.14. The SMILES string of the molecule is C=CCN1C(=O)C(=O)N(CC(=O)NCc2ccc3c(c2)OCO3)C1=O. The van der Waals surface area contributed by atoms with Crippen LogP contribution in [0, 0.1) is 0 Å². The second-order valence-electron chi connectivity index (χ2n) is 5.34. The summed E-state index contributed by atoms with van der Waals surface area (Å²) in [6.45, 7) is 3.14. The lowest BCUT2D eigenvalue weighted by Crippen LogP contribution is -2.41. The summed E-state index contributed by atoms with van der Waals surface area (Å²) in [5.74, 6) is -1.34. The van der Waals surface area contributed by atoms with Gasteiger partial charge in [-0.15, -0.1) is 6.58 Å². The number of amides is 5. The first-order chi connectivity index (χ1) is 12.0. The molecule has 9 nitrogen and oxygen atoms in total. The molecule has 25 heavy (non-hydrogen) atoms. The first kappa shape index (κ1) is 16.5. The van der Waals surface area contributed by atoms with Crippen LogP contribution in [0.15, 0.2) is 30.9 Å².